The van der Waals surface area contributed by atoms with Crippen LogP contribution in [0.2, 0.25) is 0 Å². The van der Waals surface area contributed by atoms with Crippen LogP contribution < -0.4 is 0 Å². The van der Waals surface area contributed by atoms with Gasteiger partial charge in [0.25, 0.3) is 0 Å². The minimum absolute atomic E-state index is 0.258. The fourth-order valence-electron chi connectivity index (χ4n) is 6.19. The first kappa shape index (κ1) is 41.8. The number of hydrogen-bond acceptors (Lipinski definition) is 7. The van der Waals surface area contributed by atoms with E-state index in [1.54, 1.807) is 0 Å². The van der Waals surface area contributed by atoms with Gasteiger partial charge in [-0.2, -0.15) is 26.3 Å². The summed E-state index contributed by atoms with van der Waals surface area (Å²) in [6, 6.07) is 0. The van der Waals surface area contributed by atoms with E-state index in [1.165, 1.54) is 13.8 Å². The summed E-state index contributed by atoms with van der Waals surface area (Å²) in [6.07, 6.45) is -9.05. The summed E-state index contributed by atoms with van der Waals surface area (Å²) in [7, 11) is 0. The van der Waals surface area contributed by atoms with E-state index in [-0.39, 0.29) is 24.2 Å². The van der Waals surface area contributed by atoms with E-state index in [2.05, 4.69) is 83.7 Å². The molecule has 6 aromatic rings. The van der Waals surface area contributed by atoms with Gasteiger partial charge in [0.05, 0.1) is 63.6 Å². The van der Waals surface area contributed by atoms with Gasteiger partial charge in [0.15, 0.2) is 5.78 Å². The van der Waals surface area contributed by atoms with Gasteiger partial charge in [-0.3, -0.25) is 13.6 Å². The van der Waals surface area contributed by atoms with Crippen molar-refractivity contribution in [2.45, 2.75) is 50.9 Å². The predicted molar refractivity (Wildman–Crippen MR) is 190 cm³/mol. The number of carbonyl (C=O) groups is 1. The van der Waals surface area contributed by atoms with Crippen LogP contribution in [0.3, 0.4) is 0 Å². The molecule has 9 nitrogen and oxygen atoms in total. The Hall–Kier alpha value is -3.83. The van der Waals surface area contributed by atoms with Gasteiger partial charge >= 0.3 is 12.4 Å². The smallest absolute Gasteiger partial charge is 0.419 e. The molecule has 4 heterocycles. The number of nitrogens with zero attached hydrogens (tertiary/aromatic N) is 6. The number of aromatic nitrogens is 6. The molecule has 0 spiro atoms. The van der Waals surface area contributed by atoms with Crippen molar-refractivity contribution in [2.24, 2.45) is 0 Å². The molecule has 0 saturated heterocycles. The van der Waals surface area contributed by atoms with Crippen LogP contribution in [0.4, 0.5) is 43.9 Å². The molecule has 0 aliphatic rings. The molecule has 2 aromatic carbocycles. The van der Waals surface area contributed by atoms with Crippen LogP contribution in [-0.2, 0) is 30.0 Å². The highest BCUT2D eigenvalue weighted by Gasteiger charge is 2.46. The van der Waals surface area contributed by atoms with Crippen molar-refractivity contribution in [2.75, 3.05) is 0 Å². The maximum absolute atomic E-state index is 16.5. The van der Waals surface area contributed by atoms with Gasteiger partial charge in [0.1, 0.15) is 34.8 Å². The van der Waals surface area contributed by atoms with Gasteiger partial charge in [0, 0.05) is 35.9 Å². The summed E-state index contributed by atoms with van der Waals surface area (Å²) in [5, 5.41) is 20.9. The van der Waals surface area contributed by atoms with Crippen molar-refractivity contribution in [3.63, 3.8) is 0 Å². The first-order valence-corrected chi connectivity index (χ1v) is 18.7. The lowest BCUT2D eigenvalue weighted by atomic mass is 9.78. The molecule has 0 aliphatic carbocycles. The Morgan fingerprint density at radius 1 is 0.643 bits per heavy atom. The second-order valence-electron chi connectivity index (χ2n) is 11.9. The maximum Gasteiger partial charge on any atom is 0.419 e. The third-order valence-electron chi connectivity index (χ3n) is 8.75. The van der Waals surface area contributed by atoms with Gasteiger partial charge in [-0.05, 0) is 76.6 Å². The Morgan fingerprint density at radius 3 is 1.21 bits per heavy atom. The SMILES string of the molecule is CCc1nc2ncc(C(F)(F)F)cn2c1C(C(=O)C(c1c(F)c(Br)c(O)c(Br)c1F)c1c(CC)nc2ncc(C(F)(F)F)cn12)c1c(F)c(Br)c(O)c(Br)c1F. The van der Waals surface area contributed by atoms with Gasteiger partial charge < -0.3 is 10.2 Å². The number of ketones is 1. The van der Waals surface area contributed by atoms with Gasteiger partial charge in [-0.25, -0.2) is 37.5 Å². The summed E-state index contributed by atoms with van der Waals surface area (Å²) < 4.78 is 148. The molecule has 296 valence electrons. The first-order valence-electron chi connectivity index (χ1n) is 15.6. The molecule has 6 rings (SSSR count). The van der Waals surface area contributed by atoms with E-state index < -0.39 is 128 Å². The fraction of sp³-hybridized carbons (Fsp3) is 0.242. The number of benzene rings is 2. The predicted octanol–water partition coefficient (Wildman–Crippen LogP) is 10.5. The third-order valence-corrected chi connectivity index (χ3v) is 11.6. The van der Waals surface area contributed by atoms with Crippen molar-refractivity contribution < 1.29 is 58.9 Å². The zero-order valence-corrected chi connectivity index (χ0v) is 34.0. The first-order chi connectivity index (χ1) is 26.1. The Kier molecular flexibility index (Phi) is 11.1. The lowest BCUT2D eigenvalue weighted by Gasteiger charge is -2.27. The van der Waals surface area contributed by atoms with Crippen molar-refractivity contribution in [3.8, 4) is 11.5 Å². The summed E-state index contributed by atoms with van der Waals surface area (Å²) in [5.41, 5.74) is -7.43. The number of phenols is 2. The standard InChI is InChI=1S/C33H18Br4F10N6O3/c1-3-11-25(52-7-9(32(42,43)44)5-48-30(52)50-11)15(13-21(38)17(34)28(55)18(35)22(13)39)27(54)16(14-23(40)19(36)29(56)20(37)24(14)41)26-12(4-2)51-31-49-6-10(8-53(26)31)33(45,46)47/h5-8,15-16,55-56H,3-4H2,1-2H3. The molecule has 23 heteroatoms. The average Bonchev–Trinajstić information content (AvgIpc) is 3.71. The molecule has 2 atom stereocenters. The van der Waals surface area contributed by atoms with Gasteiger partial charge in [-0.1, -0.05) is 13.8 Å². The summed E-state index contributed by atoms with van der Waals surface area (Å²) in [5.74, 6) is -16.8. The zero-order valence-electron chi connectivity index (χ0n) is 27.7. The van der Waals surface area contributed by atoms with Crippen LogP contribution in [0.1, 0.15) is 70.7 Å². The number of rotatable bonds is 8. The second kappa shape index (κ2) is 14.8. The van der Waals surface area contributed by atoms with E-state index in [0.717, 1.165) is 0 Å². The number of carbonyl (C=O) groups excluding carboxylic acids is 1. The average molecular weight is 1060 g/mol. The molecule has 0 saturated carbocycles. The minimum atomic E-state index is -5.08. The number of imidazole rings is 2. The molecule has 2 unspecified atom stereocenters. The Balaban J connectivity index is 1.85. The van der Waals surface area contributed by atoms with Crippen molar-refractivity contribution in [1.82, 2.24) is 28.7 Å². The molecule has 0 fully saturated rings. The minimum Gasteiger partial charge on any atom is -0.505 e. The van der Waals surface area contributed by atoms with E-state index in [0.29, 0.717) is 33.6 Å². The van der Waals surface area contributed by atoms with Gasteiger partial charge in [0.2, 0.25) is 11.6 Å². The number of aromatic hydroxyl groups is 2. The van der Waals surface area contributed by atoms with Crippen LogP contribution >= 0.6 is 63.7 Å². The Morgan fingerprint density at radius 2 is 0.946 bits per heavy atom. The molecule has 0 amide bonds. The van der Waals surface area contributed by atoms with E-state index >= 15 is 22.4 Å². The molecule has 0 bridgehead atoms. The molecule has 0 aliphatic heterocycles. The Bertz CT molecular complexity index is 2380. The number of hydrogen-bond donors (Lipinski definition) is 2. The van der Waals surface area contributed by atoms with Crippen LogP contribution in [0, 0.1) is 23.3 Å². The molecular formula is C33H18Br4F10N6O3. The van der Waals surface area contributed by atoms with Crippen molar-refractivity contribution in [3.05, 3.63) is 111 Å². The van der Waals surface area contributed by atoms with Crippen molar-refractivity contribution in [1.29, 1.82) is 0 Å². The topological polar surface area (TPSA) is 118 Å². The highest BCUT2D eigenvalue weighted by Crippen LogP contribution is 2.49. The highest BCUT2D eigenvalue weighted by molar-refractivity contribution is 9.11. The normalized spacial score (nSPS) is 13.6. The number of halogens is 14. The lowest BCUT2D eigenvalue weighted by Crippen LogP contribution is -2.29. The monoisotopic (exact) mass is 1050 g/mol. The number of phenolic OH excluding ortho intramolecular Hbond substituents is 2. The van der Waals surface area contributed by atoms with Crippen LogP contribution in [0.5, 0.6) is 11.5 Å². The second-order valence-corrected chi connectivity index (χ2v) is 15.1. The number of aryl methyl sites for hydroxylation is 2. The largest absolute Gasteiger partial charge is 0.505 e. The van der Waals surface area contributed by atoms with Crippen LogP contribution in [-0.4, -0.2) is 44.7 Å². The summed E-state index contributed by atoms with van der Waals surface area (Å²) in [6.45, 7) is 2.81. The summed E-state index contributed by atoms with van der Waals surface area (Å²) in [4.78, 5) is 31.4. The molecule has 2 N–H and O–H groups in total. The zero-order chi connectivity index (χ0) is 41.5. The number of Topliss-reactive ketones (excluding diaryl/α,β-unsaturated/α-hetero) is 1. The molecule has 0 radical (unpaired) electrons. The highest BCUT2D eigenvalue weighted by atomic mass is 79.9. The lowest BCUT2D eigenvalue weighted by molar-refractivity contribution is -0.139. The van der Waals surface area contributed by atoms with Crippen LogP contribution in [0.15, 0.2) is 42.7 Å². The van der Waals surface area contributed by atoms with E-state index in [9.17, 15) is 36.6 Å². The quantitative estimate of drug-likeness (QED) is 0.115. The van der Waals surface area contributed by atoms with Gasteiger partial charge in [-0.15, -0.1) is 0 Å². The molecular weight excluding hydrogens is 1040 g/mol. The maximum atomic E-state index is 16.5. The molecule has 56 heavy (non-hydrogen) atoms. The third kappa shape index (κ3) is 6.74. The summed E-state index contributed by atoms with van der Waals surface area (Å²) >= 11 is 11.1. The number of fused-ring (bicyclic) bond motifs is 2. The van der Waals surface area contributed by atoms with E-state index in [1.807, 2.05) is 0 Å². The molecule has 4 aromatic heterocycles. The fourth-order valence-corrected chi connectivity index (χ4v) is 8.37. The Labute approximate surface area is 340 Å². The van der Waals surface area contributed by atoms with E-state index in [4.69, 9.17) is 0 Å². The van der Waals surface area contributed by atoms with Crippen molar-refractivity contribution >= 4 is 81.1 Å². The van der Waals surface area contributed by atoms with Crippen LogP contribution in [0.25, 0.3) is 11.6 Å². The number of alkyl halides is 6.